The van der Waals surface area contributed by atoms with Crippen molar-refractivity contribution < 1.29 is 18.7 Å². The van der Waals surface area contributed by atoms with E-state index < -0.39 is 6.04 Å². The van der Waals surface area contributed by atoms with E-state index in [1.807, 2.05) is 18.2 Å². The molecule has 0 aromatic heterocycles. The Hall–Kier alpha value is -3.15. The summed E-state index contributed by atoms with van der Waals surface area (Å²) in [5, 5.41) is 2.91. The van der Waals surface area contributed by atoms with Crippen LogP contribution in [0, 0.1) is 5.82 Å². The SMILES string of the molecule is O=C1C=CN(C(=O)Nc2cccc3c2CCO3)C(c2ccc(F)cc2)C1. The fourth-order valence-corrected chi connectivity index (χ4v) is 3.32. The standard InChI is InChI=1S/C20H17FN2O3/c21-14-6-4-13(5-7-14)18-12-15(24)8-10-23(18)20(25)22-17-2-1-3-19-16(17)9-11-26-19/h1-8,10,18H,9,11-12H2,(H,22,25). The average molecular weight is 352 g/mol. The molecule has 0 aliphatic carbocycles. The average Bonchev–Trinajstić information content (AvgIpc) is 3.12. The first-order chi connectivity index (χ1) is 12.6. The van der Waals surface area contributed by atoms with Crippen molar-refractivity contribution in [3.8, 4) is 5.75 Å². The Bertz CT molecular complexity index is 892. The molecule has 132 valence electrons. The molecule has 2 aromatic rings. The molecule has 2 amide bonds. The normalized spacial score (nSPS) is 18.4. The number of urea groups is 1. The fourth-order valence-electron chi connectivity index (χ4n) is 3.32. The smallest absolute Gasteiger partial charge is 0.326 e. The van der Waals surface area contributed by atoms with Crippen LogP contribution in [-0.4, -0.2) is 23.3 Å². The van der Waals surface area contributed by atoms with Crippen LogP contribution in [0.15, 0.2) is 54.7 Å². The van der Waals surface area contributed by atoms with Gasteiger partial charge in [-0.1, -0.05) is 18.2 Å². The second kappa shape index (κ2) is 6.63. The molecule has 6 heteroatoms. The van der Waals surface area contributed by atoms with Gasteiger partial charge < -0.3 is 10.1 Å². The molecule has 5 nitrogen and oxygen atoms in total. The van der Waals surface area contributed by atoms with Crippen LogP contribution in [0.25, 0.3) is 0 Å². The number of ketones is 1. The number of ether oxygens (including phenoxy) is 1. The van der Waals surface area contributed by atoms with Gasteiger partial charge in [0.15, 0.2) is 5.78 Å². The summed E-state index contributed by atoms with van der Waals surface area (Å²) in [4.78, 5) is 26.2. The van der Waals surface area contributed by atoms with Gasteiger partial charge >= 0.3 is 6.03 Å². The van der Waals surface area contributed by atoms with Gasteiger partial charge in [0.1, 0.15) is 11.6 Å². The summed E-state index contributed by atoms with van der Waals surface area (Å²) in [7, 11) is 0. The van der Waals surface area contributed by atoms with E-state index in [1.165, 1.54) is 29.3 Å². The van der Waals surface area contributed by atoms with Gasteiger partial charge in [0.25, 0.3) is 0 Å². The van der Waals surface area contributed by atoms with Gasteiger partial charge in [-0.15, -0.1) is 0 Å². The lowest BCUT2D eigenvalue weighted by Gasteiger charge is -2.31. The molecule has 0 bridgehead atoms. The molecule has 1 unspecified atom stereocenters. The number of fused-ring (bicyclic) bond motifs is 1. The molecule has 2 heterocycles. The maximum atomic E-state index is 13.2. The Labute approximate surface area is 150 Å². The number of hydrogen-bond acceptors (Lipinski definition) is 3. The molecule has 0 saturated heterocycles. The molecule has 0 radical (unpaired) electrons. The number of nitrogens with zero attached hydrogens (tertiary/aromatic N) is 1. The van der Waals surface area contributed by atoms with Crippen molar-refractivity contribution in [1.29, 1.82) is 0 Å². The van der Waals surface area contributed by atoms with Crippen molar-refractivity contribution >= 4 is 17.5 Å². The van der Waals surface area contributed by atoms with Crippen LogP contribution in [-0.2, 0) is 11.2 Å². The van der Waals surface area contributed by atoms with E-state index >= 15 is 0 Å². The van der Waals surface area contributed by atoms with Gasteiger partial charge in [-0.2, -0.15) is 0 Å². The van der Waals surface area contributed by atoms with Crippen molar-refractivity contribution in [1.82, 2.24) is 4.90 Å². The summed E-state index contributed by atoms with van der Waals surface area (Å²) >= 11 is 0. The van der Waals surface area contributed by atoms with Crippen LogP contribution in [0.4, 0.5) is 14.9 Å². The highest BCUT2D eigenvalue weighted by Crippen LogP contribution is 2.33. The number of carbonyl (C=O) groups excluding carboxylic acids is 2. The molecule has 1 atom stereocenters. The van der Waals surface area contributed by atoms with Crippen molar-refractivity contribution in [2.75, 3.05) is 11.9 Å². The quantitative estimate of drug-likeness (QED) is 0.894. The highest BCUT2D eigenvalue weighted by molar-refractivity contribution is 5.96. The third-order valence-electron chi connectivity index (χ3n) is 4.62. The second-order valence-corrected chi connectivity index (χ2v) is 6.27. The topological polar surface area (TPSA) is 58.6 Å². The second-order valence-electron chi connectivity index (χ2n) is 6.27. The largest absolute Gasteiger partial charge is 0.493 e. The van der Waals surface area contributed by atoms with Crippen LogP contribution < -0.4 is 10.1 Å². The summed E-state index contributed by atoms with van der Waals surface area (Å²) in [5.41, 5.74) is 2.38. The Morgan fingerprint density at radius 2 is 2.00 bits per heavy atom. The van der Waals surface area contributed by atoms with E-state index in [0.29, 0.717) is 17.9 Å². The first-order valence-electron chi connectivity index (χ1n) is 8.42. The first kappa shape index (κ1) is 16.3. The zero-order valence-electron chi connectivity index (χ0n) is 13.9. The molecule has 2 aromatic carbocycles. The van der Waals surface area contributed by atoms with Crippen molar-refractivity contribution in [2.45, 2.75) is 18.9 Å². The lowest BCUT2D eigenvalue weighted by atomic mass is 9.97. The number of nitrogens with one attached hydrogen (secondary N) is 1. The zero-order valence-corrected chi connectivity index (χ0v) is 13.9. The fraction of sp³-hybridized carbons (Fsp3) is 0.200. The number of halogens is 1. The summed E-state index contributed by atoms with van der Waals surface area (Å²) in [6.07, 6.45) is 3.76. The van der Waals surface area contributed by atoms with E-state index in [1.54, 1.807) is 12.1 Å². The first-order valence-corrected chi connectivity index (χ1v) is 8.42. The van der Waals surface area contributed by atoms with Crippen molar-refractivity contribution in [2.24, 2.45) is 0 Å². The molecule has 0 fully saturated rings. The van der Waals surface area contributed by atoms with E-state index in [9.17, 15) is 14.0 Å². The Kier molecular flexibility index (Phi) is 4.16. The van der Waals surface area contributed by atoms with E-state index in [4.69, 9.17) is 4.74 Å². The zero-order chi connectivity index (χ0) is 18.1. The lowest BCUT2D eigenvalue weighted by molar-refractivity contribution is -0.116. The summed E-state index contributed by atoms with van der Waals surface area (Å²) in [6.45, 7) is 0.596. The molecule has 26 heavy (non-hydrogen) atoms. The predicted molar refractivity (Wildman–Crippen MR) is 94.4 cm³/mol. The summed E-state index contributed by atoms with van der Waals surface area (Å²) in [5.74, 6) is 0.349. The van der Waals surface area contributed by atoms with Gasteiger partial charge in [-0.05, 0) is 35.9 Å². The maximum absolute atomic E-state index is 13.2. The van der Waals surface area contributed by atoms with Gasteiger partial charge in [0, 0.05) is 30.3 Å². The van der Waals surface area contributed by atoms with Crippen LogP contribution >= 0.6 is 0 Å². The molecule has 0 saturated carbocycles. The summed E-state index contributed by atoms with van der Waals surface area (Å²) in [6, 6.07) is 10.6. The number of carbonyl (C=O) groups is 2. The number of amides is 2. The highest BCUT2D eigenvalue weighted by Gasteiger charge is 2.29. The number of anilines is 1. The molecular formula is C20H17FN2O3. The van der Waals surface area contributed by atoms with Crippen LogP contribution in [0.5, 0.6) is 5.75 Å². The molecule has 0 spiro atoms. The molecule has 2 aliphatic rings. The van der Waals surface area contributed by atoms with Gasteiger partial charge in [-0.25, -0.2) is 9.18 Å². The number of hydrogen-bond donors (Lipinski definition) is 1. The maximum Gasteiger partial charge on any atom is 0.326 e. The lowest BCUT2D eigenvalue weighted by Crippen LogP contribution is -2.37. The van der Waals surface area contributed by atoms with Crippen LogP contribution in [0.2, 0.25) is 0 Å². The van der Waals surface area contributed by atoms with E-state index in [-0.39, 0.29) is 24.1 Å². The minimum atomic E-state index is -0.471. The highest BCUT2D eigenvalue weighted by atomic mass is 19.1. The summed E-state index contributed by atoms with van der Waals surface area (Å²) < 4.78 is 18.7. The van der Waals surface area contributed by atoms with Crippen LogP contribution in [0.3, 0.4) is 0 Å². The van der Waals surface area contributed by atoms with Gasteiger partial charge in [0.2, 0.25) is 0 Å². The van der Waals surface area contributed by atoms with Crippen molar-refractivity contribution in [3.63, 3.8) is 0 Å². The Balaban J connectivity index is 1.61. The molecule has 4 rings (SSSR count). The number of benzene rings is 2. The van der Waals surface area contributed by atoms with Crippen LogP contribution in [0.1, 0.15) is 23.6 Å². The number of rotatable bonds is 2. The third kappa shape index (κ3) is 3.06. The molecule has 1 N–H and O–H groups in total. The van der Waals surface area contributed by atoms with E-state index in [2.05, 4.69) is 5.32 Å². The van der Waals surface area contributed by atoms with E-state index in [0.717, 1.165) is 17.7 Å². The minimum absolute atomic E-state index is 0.0719. The minimum Gasteiger partial charge on any atom is -0.493 e. The third-order valence-corrected chi connectivity index (χ3v) is 4.62. The van der Waals surface area contributed by atoms with Gasteiger partial charge in [0.05, 0.1) is 12.6 Å². The van der Waals surface area contributed by atoms with Crippen molar-refractivity contribution in [3.05, 3.63) is 71.7 Å². The predicted octanol–water partition coefficient (Wildman–Crippen LogP) is 3.82. The molecular weight excluding hydrogens is 335 g/mol. The Morgan fingerprint density at radius 1 is 1.19 bits per heavy atom. The number of allylic oxidation sites excluding steroid dienone is 1. The Morgan fingerprint density at radius 3 is 2.81 bits per heavy atom. The van der Waals surface area contributed by atoms with Gasteiger partial charge in [-0.3, -0.25) is 9.69 Å². The monoisotopic (exact) mass is 352 g/mol. The molecule has 2 aliphatic heterocycles.